The molecule has 0 N–H and O–H groups in total. The van der Waals surface area contributed by atoms with Gasteiger partial charge in [-0.1, -0.05) is 42.2 Å². The number of thiocarbonyl (C=S) groups is 1. The van der Waals surface area contributed by atoms with Gasteiger partial charge in [-0.15, -0.1) is 0 Å². The van der Waals surface area contributed by atoms with Crippen molar-refractivity contribution in [2.45, 2.75) is 27.3 Å². The summed E-state index contributed by atoms with van der Waals surface area (Å²) in [5.41, 5.74) is 1.85. The molecule has 40 heavy (non-hydrogen) atoms. The van der Waals surface area contributed by atoms with E-state index in [2.05, 4.69) is 4.90 Å². The van der Waals surface area contributed by atoms with E-state index in [-0.39, 0.29) is 26.7 Å². The quantitative estimate of drug-likeness (QED) is 0.337. The summed E-state index contributed by atoms with van der Waals surface area (Å²) < 4.78 is 10.5. The predicted molar refractivity (Wildman–Crippen MR) is 160 cm³/mol. The van der Waals surface area contributed by atoms with E-state index < -0.39 is 5.91 Å². The van der Waals surface area contributed by atoms with Crippen LogP contribution in [0.4, 0.5) is 11.5 Å². The molecule has 2 fully saturated rings. The highest BCUT2D eigenvalue weighted by molar-refractivity contribution is 8.27. The topological polar surface area (TPSA) is 106 Å². The number of anilines is 2. The van der Waals surface area contributed by atoms with E-state index in [9.17, 15) is 19.6 Å². The smallest absolute Gasteiger partial charge is 0.296 e. The Morgan fingerprint density at radius 1 is 1.10 bits per heavy atom. The Labute approximate surface area is 240 Å². The molecule has 0 aliphatic carbocycles. The number of thioether (sulfide) groups is 1. The molecule has 2 saturated heterocycles. The molecule has 1 amide bonds. The van der Waals surface area contributed by atoms with Crippen molar-refractivity contribution >= 4 is 51.8 Å². The second-order valence-electron chi connectivity index (χ2n) is 9.43. The van der Waals surface area contributed by atoms with E-state index in [0.29, 0.717) is 66.1 Å². The van der Waals surface area contributed by atoms with Crippen LogP contribution < -0.4 is 20.9 Å². The zero-order chi connectivity index (χ0) is 28.7. The first kappa shape index (κ1) is 27.6. The zero-order valence-electron chi connectivity index (χ0n) is 22.6. The van der Waals surface area contributed by atoms with Gasteiger partial charge in [0.2, 0.25) is 0 Å². The van der Waals surface area contributed by atoms with Gasteiger partial charge in [-0.3, -0.25) is 28.5 Å². The number of carbonyl (C=O) groups is 1. The van der Waals surface area contributed by atoms with E-state index in [1.54, 1.807) is 36.2 Å². The van der Waals surface area contributed by atoms with Crippen molar-refractivity contribution in [2.75, 3.05) is 36.1 Å². The number of para-hydroxylation sites is 1. The lowest BCUT2D eigenvalue weighted by Gasteiger charge is -2.33. The van der Waals surface area contributed by atoms with E-state index in [4.69, 9.17) is 17.0 Å². The summed E-state index contributed by atoms with van der Waals surface area (Å²) in [5.74, 6) is 0.209. The van der Waals surface area contributed by atoms with Gasteiger partial charge in [0.25, 0.3) is 17.0 Å². The number of ether oxygens (including phenoxy) is 1. The normalized spacial score (nSPS) is 16.7. The fourth-order valence-electron chi connectivity index (χ4n) is 5.16. The first-order valence-corrected chi connectivity index (χ1v) is 14.1. The summed E-state index contributed by atoms with van der Waals surface area (Å²) >= 11 is 6.72. The van der Waals surface area contributed by atoms with Gasteiger partial charge in [-0.25, -0.2) is 4.68 Å². The van der Waals surface area contributed by atoms with Crippen molar-refractivity contribution in [1.82, 2.24) is 13.9 Å². The summed E-state index contributed by atoms with van der Waals surface area (Å²) in [6.07, 6.45) is 1.69. The number of benzene rings is 1. The Morgan fingerprint density at radius 3 is 2.40 bits per heavy atom. The molecule has 0 atom stereocenters. The van der Waals surface area contributed by atoms with Crippen LogP contribution in [0.15, 0.2) is 44.8 Å². The molecule has 12 heteroatoms. The number of hydrogen-bond acceptors (Lipinski definition) is 8. The average Bonchev–Trinajstić information content (AvgIpc) is 3.35. The molecule has 206 valence electrons. The molecule has 4 heterocycles. The van der Waals surface area contributed by atoms with Gasteiger partial charge in [0.1, 0.15) is 23.1 Å². The fraction of sp³-hybridized carbons (Fsp3) is 0.321. The van der Waals surface area contributed by atoms with Gasteiger partial charge in [0.15, 0.2) is 4.32 Å². The first-order chi connectivity index (χ1) is 19.2. The maximum absolute atomic E-state index is 13.9. The van der Waals surface area contributed by atoms with Crippen molar-refractivity contribution in [3.8, 4) is 11.8 Å². The molecule has 0 saturated carbocycles. The van der Waals surface area contributed by atoms with Crippen LogP contribution in [0, 0.1) is 25.2 Å². The van der Waals surface area contributed by atoms with E-state index in [1.165, 1.54) is 9.58 Å². The number of hydrogen-bond donors (Lipinski definition) is 0. The second kappa shape index (κ2) is 10.9. The number of pyridine rings is 1. The zero-order valence-corrected chi connectivity index (χ0v) is 24.3. The largest absolute Gasteiger partial charge is 0.378 e. The average molecular weight is 577 g/mol. The molecule has 0 bridgehead atoms. The van der Waals surface area contributed by atoms with E-state index in [1.807, 2.05) is 43.3 Å². The minimum atomic E-state index is -0.430. The molecule has 2 aromatic heterocycles. The lowest BCUT2D eigenvalue weighted by molar-refractivity contribution is -0.113. The standard InChI is InChI=1S/C28H28N6O4S2/c1-5-32-24(31-11-13-38-14-12-31)20(17(2)21(16-29)25(32)35)15-22-26(36)33(28(39)40-22)23-18(3)30(4)34(27(23)37)19-9-7-6-8-10-19/h6-10,15H,5,11-14H2,1-4H3/b22-15-. The molecular weight excluding hydrogens is 548 g/mol. The summed E-state index contributed by atoms with van der Waals surface area (Å²) in [7, 11) is 1.76. The summed E-state index contributed by atoms with van der Waals surface area (Å²) in [6, 6.07) is 11.2. The number of nitriles is 1. The number of morpholine rings is 1. The minimum Gasteiger partial charge on any atom is -0.378 e. The van der Waals surface area contributed by atoms with Crippen LogP contribution >= 0.6 is 24.0 Å². The fourth-order valence-corrected chi connectivity index (χ4v) is 6.41. The third-order valence-electron chi connectivity index (χ3n) is 7.29. The Morgan fingerprint density at radius 2 is 1.77 bits per heavy atom. The highest BCUT2D eigenvalue weighted by Gasteiger charge is 2.38. The van der Waals surface area contributed by atoms with Crippen LogP contribution in [-0.4, -0.2) is 50.5 Å². The van der Waals surface area contributed by atoms with Crippen LogP contribution in [0.1, 0.15) is 29.3 Å². The maximum atomic E-state index is 13.9. The molecular formula is C28H28N6O4S2. The summed E-state index contributed by atoms with van der Waals surface area (Å²) in [6.45, 7) is 7.82. The van der Waals surface area contributed by atoms with Crippen molar-refractivity contribution in [3.63, 3.8) is 0 Å². The number of nitrogens with zero attached hydrogens (tertiary/aromatic N) is 6. The van der Waals surface area contributed by atoms with Gasteiger partial charge in [0, 0.05) is 32.2 Å². The SMILES string of the molecule is CCn1c(N2CCOCC2)c(/C=C2\SC(=S)N(c3c(C)n(C)n(-c4ccccc4)c3=O)C2=O)c(C)c(C#N)c1=O. The molecule has 3 aromatic rings. The van der Waals surface area contributed by atoms with Crippen molar-refractivity contribution in [2.24, 2.45) is 7.05 Å². The van der Waals surface area contributed by atoms with Crippen LogP contribution in [0.3, 0.4) is 0 Å². The third kappa shape index (κ3) is 4.40. The van der Waals surface area contributed by atoms with Gasteiger partial charge in [-0.2, -0.15) is 5.26 Å². The summed E-state index contributed by atoms with van der Waals surface area (Å²) in [5, 5.41) is 9.82. The highest BCUT2D eigenvalue weighted by Crippen LogP contribution is 2.38. The molecule has 5 rings (SSSR count). The lowest BCUT2D eigenvalue weighted by Crippen LogP contribution is -2.41. The van der Waals surface area contributed by atoms with E-state index >= 15 is 0 Å². The van der Waals surface area contributed by atoms with Crippen LogP contribution in [-0.2, 0) is 23.1 Å². The maximum Gasteiger partial charge on any atom is 0.296 e. The summed E-state index contributed by atoms with van der Waals surface area (Å²) in [4.78, 5) is 44.4. The molecule has 10 nitrogen and oxygen atoms in total. The lowest BCUT2D eigenvalue weighted by atomic mass is 10.0. The van der Waals surface area contributed by atoms with Gasteiger partial charge >= 0.3 is 0 Å². The monoisotopic (exact) mass is 576 g/mol. The minimum absolute atomic E-state index is 0.0326. The molecule has 0 spiro atoms. The number of amides is 1. The number of aromatic nitrogens is 3. The molecule has 0 radical (unpaired) electrons. The van der Waals surface area contributed by atoms with Gasteiger partial charge < -0.3 is 9.64 Å². The van der Waals surface area contributed by atoms with Crippen molar-refractivity contribution in [1.29, 1.82) is 5.26 Å². The molecule has 1 aromatic carbocycles. The Kier molecular flexibility index (Phi) is 7.55. The number of carbonyl (C=O) groups excluding carboxylic acids is 1. The van der Waals surface area contributed by atoms with E-state index in [0.717, 1.165) is 11.8 Å². The Hall–Kier alpha value is -3.92. The molecule has 0 unspecified atom stereocenters. The predicted octanol–water partition coefficient (Wildman–Crippen LogP) is 3.09. The van der Waals surface area contributed by atoms with Crippen LogP contribution in [0.2, 0.25) is 0 Å². The van der Waals surface area contributed by atoms with Crippen molar-refractivity contribution < 1.29 is 9.53 Å². The number of rotatable bonds is 5. The first-order valence-electron chi connectivity index (χ1n) is 12.8. The van der Waals surface area contributed by atoms with Crippen LogP contribution in [0.25, 0.3) is 11.8 Å². The molecule has 2 aliphatic rings. The second-order valence-corrected chi connectivity index (χ2v) is 11.1. The van der Waals surface area contributed by atoms with Crippen molar-refractivity contribution in [3.05, 3.63) is 78.3 Å². The highest BCUT2D eigenvalue weighted by atomic mass is 32.2. The molecule has 2 aliphatic heterocycles. The van der Waals surface area contributed by atoms with Gasteiger partial charge in [-0.05, 0) is 44.5 Å². The Balaban J connectivity index is 1.66. The van der Waals surface area contributed by atoms with Crippen LogP contribution in [0.5, 0.6) is 0 Å². The Bertz CT molecular complexity index is 1720. The van der Waals surface area contributed by atoms with Gasteiger partial charge in [0.05, 0.1) is 29.5 Å². The third-order valence-corrected chi connectivity index (χ3v) is 8.59.